The van der Waals surface area contributed by atoms with E-state index in [1.165, 1.54) is 0 Å². The van der Waals surface area contributed by atoms with Gasteiger partial charge in [-0.2, -0.15) is 0 Å². The molecule has 0 aromatic heterocycles. The summed E-state index contributed by atoms with van der Waals surface area (Å²) in [6, 6.07) is 0. The Labute approximate surface area is 72.7 Å². The van der Waals surface area contributed by atoms with Gasteiger partial charge in [-0.1, -0.05) is 6.08 Å². The fourth-order valence-electron chi connectivity index (χ4n) is 1.53. The predicted molar refractivity (Wildman–Crippen MR) is 47.0 cm³/mol. The number of aliphatic carboxylic acids is 1. The highest BCUT2D eigenvalue weighted by Crippen LogP contribution is 2.17. The zero-order valence-electron chi connectivity index (χ0n) is 7.58. The molecule has 0 aromatic carbocycles. The highest BCUT2D eigenvalue weighted by Gasteiger charge is 2.17. The van der Waals surface area contributed by atoms with E-state index in [1.54, 1.807) is 6.92 Å². The van der Waals surface area contributed by atoms with Crippen molar-refractivity contribution in [3.63, 3.8) is 0 Å². The quantitative estimate of drug-likeness (QED) is 0.626. The van der Waals surface area contributed by atoms with Crippen molar-refractivity contribution in [1.29, 1.82) is 0 Å². The third kappa shape index (κ3) is 2.34. The van der Waals surface area contributed by atoms with Crippen molar-refractivity contribution < 1.29 is 9.90 Å². The second-order valence-corrected chi connectivity index (χ2v) is 3.47. The minimum atomic E-state index is -0.801. The topological polar surface area (TPSA) is 40.5 Å². The Bertz CT molecular complexity index is 211. The lowest BCUT2D eigenvalue weighted by molar-refractivity contribution is -0.132. The van der Waals surface area contributed by atoms with Crippen LogP contribution in [0.3, 0.4) is 0 Å². The summed E-state index contributed by atoms with van der Waals surface area (Å²) in [5.41, 5.74) is 0.468. The van der Waals surface area contributed by atoms with Crippen molar-refractivity contribution in [3.05, 3.63) is 11.6 Å². The average molecular weight is 169 g/mol. The van der Waals surface area contributed by atoms with Crippen molar-refractivity contribution in [2.45, 2.75) is 13.3 Å². The Balaban J connectivity index is 2.50. The van der Waals surface area contributed by atoms with E-state index in [9.17, 15) is 4.79 Å². The number of hydrogen-bond acceptors (Lipinski definition) is 2. The van der Waals surface area contributed by atoms with Crippen molar-refractivity contribution in [1.82, 2.24) is 4.90 Å². The van der Waals surface area contributed by atoms with E-state index in [4.69, 9.17) is 5.11 Å². The molecule has 0 spiro atoms. The average Bonchev–Trinajstić information content (AvgIpc) is 2.35. The Morgan fingerprint density at radius 3 is 2.75 bits per heavy atom. The van der Waals surface area contributed by atoms with Gasteiger partial charge in [0.1, 0.15) is 0 Å². The first-order chi connectivity index (χ1) is 5.59. The third-order valence-corrected chi connectivity index (χ3v) is 2.25. The SMILES string of the molecule is C/C(=C\C1CCN(C)C1)C(=O)O. The van der Waals surface area contributed by atoms with E-state index in [1.807, 2.05) is 6.08 Å². The normalized spacial score (nSPS) is 26.2. The molecular formula is C9H15NO2. The zero-order chi connectivity index (χ0) is 9.14. The van der Waals surface area contributed by atoms with Gasteiger partial charge >= 0.3 is 5.97 Å². The molecule has 1 rings (SSSR count). The maximum absolute atomic E-state index is 10.5. The molecule has 1 N–H and O–H groups in total. The number of hydrogen-bond donors (Lipinski definition) is 1. The minimum absolute atomic E-state index is 0.436. The van der Waals surface area contributed by atoms with Gasteiger partial charge in [0, 0.05) is 12.1 Å². The van der Waals surface area contributed by atoms with Crippen LogP contribution < -0.4 is 0 Å². The molecule has 0 aliphatic carbocycles. The summed E-state index contributed by atoms with van der Waals surface area (Å²) < 4.78 is 0. The lowest BCUT2D eigenvalue weighted by Gasteiger charge is -2.05. The number of carbonyl (C=O) groups is 1. The smallest absolute Gasteiger partial charge is 0.330 e. The molecular weight excluding hydrogens is 154 g/mol. The standard InChI is InChI=1S/C9H15NO2/c1-7(9(11)12)5-8-3-4-10(2)6-8/h5,8H,3-4,6H2,1-2H3,(H,11,12)/b7-5+. The Hall–Kier alpha value is -0.830. The second-order valence-electron chi connectivity index (χ2n) is 3.47. The number of carboxylic acid groups (broad SMARTS) is 1. The van der Waals surface area contributed by atoms with Crippen molar-refractivity contribution in [2.75, 3.05) is 20.1 Å². The third-order valence-electron chi connectivity index (χ3n) is 2.25. The molecule has 0 bridgehead atoms. The summed E-state index contributed by atoms with van der Waals surface area (Å²) >= 11 is 0. The second kappa shape index (κ2) is 3.72. The van der Waals surface area contributed by atoms with E-state index >= 15 is 0 Å². The van der Waals surface area contributed by atoms with Crippen LogP contribution in [-0.4, -0.2) is 36.1 Å². The molecule has 1 aliphatic rings. The molecule has 1 fully saturated rings. The van der Waals surface area contributed by atoms with Gasteiger partial charge in [-0.25, -0.2) is 4.79 Å². The maximum atomic E-state index is 10.5. The lowest BCUT2D eigenvalue weighted by atomic mass is 10.1. The molecule has 0 aromatic rings. The van der Waals surface area contributed by atoms with E-state index in [2.05, 4.69) is 11.9 Å². The highest BCUT2D eigenvalue weighted by atomic mass is 16.4. The van der Waals surface area contributed by atoms with Gasteiger partial charge in [-0.15, -0.1) is 0 Å². The number of nitrogens with zero attached hydrogens (tertiary/aromatic N) is 1. The molecule has 1 aliphatic heterocycles. The van der Waals surface area contributed by atoms with Crippen LogP contribution in [0.1, 0.15) is 13.3 Å². The molecule has 0 amide bonds. The van der Waals surface area contributed by atoms with Crippen molar-refractivity contribution >= 4 is 5.97 Å². The molecule has 1 atom stereocenters. The largest absolute Gasteiger partial charge is 0.478 e. The van der Waals surface area contributed by atoms with Gasteiger partial charge in [0.25, 0.3) is 0 Å². The monoisotopic (exact) mass is 169 g/mol. The summed E-state index contributed by atoms with van der Waals surface area (Å²) in [6.45, 7) is 3.72. The van der Waals surface area contributed by atoms with E-state index in [0.717, 1.165) is 19.5 Å². The molecule has 0 saturated carbocycles. The van der Waals surface area contributed by atoms with Crippen LogP contribution in [0.2, 0.25) is 0 Å². The fourth-order valence-corrected chi connectivity index (χ4v) is 1.53. The molecule has 1 saturated heterocycles. The summed E-state index contributed by atoms with van der Waals surface area (Å²) in [7, 11) is 2.06. The minimum Gasteiger partial charge on any atom is -0.478 e. The van der Waals surface area contributed by atoms with Gasteiger partial charge in [-0.3, -0.25) is 0 Å². The van der Waals surface area contributed by atoms with Crippen LogP contribution in [0, 0.1) is 5.92 Å². The summed E-state index contributed by atoms with van der Waals surface area (Å²) in [5, 5.41) is 8.63. The van der Waals surface area contributed by atoms with Gasteiger partial charge < -0.3 is 10.0 Å². The molecule has 0 radical (unpaired) electrons. The van der Waals surface area contributed by atoms with E-state index in [-0.39, 0.29) is 0 Å². The Morgan fingerprint density at radius 1 is 1.67 bits per heavy atom. The lowest BCUT2D eigenvalue weighted by Crippen LogP contribution is -2.13. The number of likely N-dealkylation sites (tertiary alicyclic amines) is 1. The summed E-state index contributed by atoms with van der Waals surface area (Å²) in [6.07, 6.45) is 2.95. The molecule has 68 valence electrons. The predicted octanol–water partition coefficient (Wildman–Crippen LogP) is 0.969. The van der Waals surface area contributed by atoms with Crippen LogP contribution in [-0.2, 0) is 4.79 Å². The molecule has 1 heterocycles. The van der Waals surface area contributed by atoms with Crippen molar-refractivity contribution in [2.24, 2.45) is 5.92 Å². The maximum Gasteiger partial charge on any atom is 0.330 e. The zero-order valence-corrected chi connectivity index (χ0v) is 7.58. The fraction of sp³-hybridized carbons (Fsp3) is 0.667. The molecule has 12 heavy (non-hydrogen) atoms. The number of rotatable bonds is 2. The molecule has 3 heteroatoms. The summed E-state index contributed by atoms with van der Waals surface area (Å²) in [5.74, 6) is -0.365. The van der Waals surface area contributed by atoms with Crippen LogP contribution in [0.25, 0.3) is 0 Å². The van der Waals surface area contributed by atoms with Crippen LogP contribution in [0.15, 0.2) is 11.6 Å². The van der Waals surface area contributed by atoms with Gasteiger partial charge in [0.05, 0.1) is 0 Å². The Morgan fingerprint density at radius 2 is 2.33 bits per heavy atom. The molecule has 3 nitrogen and oxygen atoms in total. The van der Waals surface area contributed by atoms with Gasteiger partial charge in [-0.05, 0) is 32.9 Å². The van der Waals surface area contributed by atoms with Crippen LogP contribution >= 0.6 is 0 Å². The first-order valence-electron chi connectivity index (χ1n) is 4.20. The van der Waals surface area contributed by atoms with Crippen LogP contribution in [0.4, 0.5) is 0 Å². The van der Waals surface area contributed by atoms with E-state index < -0.39 is 5.97 Å². The van der Waals surface area contributed by atoms with Crippen LogP contribution in [0.5, 0.6) is 0 Å². The van der Waals surface area contributed by atoms with E-state index in [0.29, 0.717) is 11.5 Å². The first-order valence-corrected chi connectivity index (χ1v) is 4.20. The highest BCUT2D eigenvalue weighted by molar-refractivity contribution is 5.85. The first kappa shape index (κ1) is 9.26. The number of carboxylic acids is 1. The van der Waals surface area contributed by atoms with Gasteiger partial charge in [0.15, 0.2) is 0 Å². The summed E-state index contributed by atoms with van der Waals surface area (Å²) in [4.78, 5) is 12.7. The Kier molecular flexibility index (Phi) is 2.87. The van der Waals surface area contributed by atoms with Crippen molar-refractivity contribution in [3.8, 4) is 0 Å². The van der Waals surface area contributed by atoms with Gasteiger partial charge in [0.2, 0.25) is 0 Å². The molecule has 1 unspecified atom stereocenters.